The molecule has 120 valence electrons. The van der Waals surface area contributed by atoms with Crippen molar-refractivity contribution in [2.45, 2.75) is 64.1 Å². The molecule has 0 spiro atoms. The van der Waals surface area contributed by atoms with Gasteiger partial charge in [0.1, 0.15) is 0 Å². The molecule has 0 saturated heterocycles. The Hall–Kier alpha value is -0.660. The summed E-state index contributed by atoms with van der Waals surface area (Å²) in [4.78, 5) is 13.5. The van der Waals surface area contributed by atoms with E-state index in [4.69, 9.17) is 0 Å². The van der Waals surface area contributed by atoms with Gasteiger partial charge in [0.05, 0.1) is 0 Å². The Bertz CT molecular complexity index is 667. The number of thiazole rings is 1. The summed E-state index contributed by atoms with van der Waals surface area (Å²) in [6, 6.07) is -0.0923. The monoisotopic (exact) mass is 332 g/mol. The van der Waals surface area contributed by atoms with E-state index < -0.39 is 10.0 Å². The van der Waals surface area contributed by atoms with Gasteiger partial charge in [-0.15, -0.1) is 0 Å². The van der Waals surface area contributed by atoms with Crippen LogP contribution < -0.4 is 9.60 Å². The van der Waals surface area contributed by atoms with Gasteiger partial charge in [-0.25, -0.2) is 13.1 Å². The standard InChI is InChI=1S/C14H24N2O3S2/c1-9-11(20-12(17)15-9)21(18,19)16-10-6-13(2,3)8-14(4,5)7-10/h10,16H,6-8H2,1-5H3,(H,15,17). The summed E-state index contributed by atoms with van der Waals surface area (Å²) in [7, 11) is -3.63. The van der Waals surface area contributed by atoms with Crippen LogP contribution in [0.3, 0.4) is 0 Å². The fourth-order valence-electron chi connectivity index (χ4n) is 3.85. The molecule has 0 amide bonds. The summed E-state index contributed by atoms with van der Waals surface area (Å²) in [5.74, 6) is 0. The first-order valence-corrected chi connectivity index (χ1v) is 9.42. The van der Waals surface area contributed by atoms with Crippen LogP contribution in [0.1, 0.15) is 52.7 Å². The SMILES string of the molecule is Cc1[nH]c(=O)sc1S(=O)(=O)NC1CC(C)(C)CC(C)(C)C1. The van der Waals surface area contributed by atoms with Crippen molar-refractivity contribution in [2.24, 2.45) is 10.8 Å². The van der Waals surface area contributed by atoms with Crippen molar-refractivity contribution < 1.29 is 8.42 Å². The highest BCUT2D eigenvalue weighted by Gasteiger charge is 2.40. The van der Waals surface area contributed by atoms with Crippen molar-refractivity contribution in [3.63, 3.8) is 0 Å². The van der Waals surface area contributed by atoms with Gasteiger partial charge in [-0.2, -0.15) is 0 Å². The van der Waals surface area contributed by atoms with Gasteiger partial charge in [0.2, 0.25) is 0 Å². The molecule has 1 aromatic rings. The lowest BCUT2D eigenvalue weighted by Crippen LogP contribution is -2.45. The Morgan fingerprint density at radius 1 is 1.19 bits per heavy atom. The number of rotatable bonds is 3. The number of hydrogen-bond donors (Lipinski definition) is 2. The quantitative estimate of drug-likeness (QED) is 0.893. The van der Waals surface area contributed by atoms with Crippen LogP contribution >= 0.6 is 11.3 Å². The van der Waals surface area contributed by atoms with E-state index in [1.54, 1.807) is 6.92 Å². The average molecular weight is 332 g/mol. The Balaban J connectivity index is 2.24. The molecule has 0 aromatic carbocycles. The van der Waals surface area contributed by atoms with E-state index >= 15 is 0 Å². The van der Waals surface area contributed by atoms with Gasteiger partial charge in [0.25, 0.3) is 10.0 Å². The first kappa shape index (κ1) is 16.7. The van der Waals surface area contributed by atoms with Crippen molar-refractivity contribution in [3.05, 3.63) is 15.4 Å². The zero-order valence-electron chi connectivity index (χ0n) is 13.2. The highest BCUT2D eigenvalue weighted by atomic mass is 32.2. The molecule has 0 radical (unpaired) electrons. The normalized spacial score (nSPS) is 22.3. The molecule has 0 bridgehead atoms. The maximum atomic E-state index is 12.5. The summed E-state index contributed by atoms with van der Waals surface area (Å²) in [6.45, 7) is 10.3. The van der Waals surface area contributed by atoms with Gasteiger partial charge in [-0.3, -0.25) is 4.79 Å². The molecule has 1 heterocycles. The smallest absolute Gasteiger partial charge is 0.305 e. The minimum absolute atomic E-state index is 0.0923. The molecule has 1 aromatic heterocycles. The van der Waals surface area contributed by atoms with Crippen LogP contribution in [0.15, 0.2) is 9.00 Å². The number of nitrogens with one attached hydrogen (secondary N) is 2. The molecular formula is C14H24N2O3S2. The average Bonchev–Trinajstić information content (AvgIpc) is 2.52. The Morgan fingerprint density at radius 3 is 2.14 bits per heavy atom. The lowest BCUT2D eigenvalue weighted by molar-refractivity contribution is 0.0934. The summed E-state index contributed by atoms with van der Waals surface area (Å²) in [5, 5.41) is 0. The Labute approximate surface area is 130 Å². The van der Waals surface area contributed by atoms with Crippen molar-refractivity contribution in [3.8, 4) is 0 Å². The molecule has 1 aliphatic carbocycles. The second kappa shape index (κ2) is 5.21. The molecule has 1 aliphatic rings. The van der Waals surface area contributed by atoms with Gasteiger partial charge in [0, 0.05) is 11.7 Å². The highest BCUT2D eigenvalue weighted by Crippen LogP contribution is 2.45. The molecule has 7 heteroatoms. The molecule has 0 atom stereocenters. The lowest BCUT2D eigenvalue weighted by atomic mass is 9.64. The summed E-state index contributed by atoms with van der Waals surface area (Å²) in [6.07, 6.45) is 2.71. The van der Waals surface area contributed by atoms with Crippen LogP contribution in [0.2, 0.25) is 0 Å². The van der Waals surface area contributed by atoms with Gasteiger partial charge in [-0.1, -0.05) is 39.0 Å². The second-order valence-corrected chi connectivity index (χ2v) is 10.6. The van der Waals surface area contributed by atoms with Gasteiger partial charge >= 0.3 is 4.87 Å². The zero-order valence-corrected chi connectivity index (χ0v) is 14.9. The minimum Gasteiger partial charge on any atom is -0.315 e. The van der Waals surface area contributed by atoms with E-state index in [0.717, 1.165) is 30.6 Å². The third kappa shape index (κ3) is 3.96. The van der Waals surface area contributed by atoms with E-state index in [-0.39, 0.29) is 26.0 Å². The van der Waals surface area contributed by atoms with Crippen molar-refractivity contribution in [1.82, 2.24) is 9.71 Å². The molecule has 0 aliphatic heterocycles. The van der Waals surface area contributed by atoms with E-state index in [9.17, 15) is 13.2 Å². The number of sulfonamides is 1. The van der Waals surface area contributed by atoms with E-state index in [1.165, 1.54) is 0 Å². The minimum atomic E-state index is -3.63. The maximum Gasteiger partial charge on any atom is 0.305 e. The van der Waals surface area contributed by atoms with Crippen molar-refractivity contribution >= 4 is 21.4 Å². The van der Waals surface area contributed by atoms with Crippen molar-refractivity contribution in [1.29, 1.82) is 0 Å². The third-order valence-electron chi connectivity index (χ3n) is 3.90. The molecule has 2 rings (SSSR count). The summed E-state index contributed by atoms with van der Waals surface area (Å²) < 4.78 is 27.9. The number of hydrogen-bond acceptors (Lipinski definition) is 4. The number of aryl methyl sites for hydroxylation is 1. The van der Waals surface area contributed by atoms with Crippen LogP contribution in [-0.2, 0) is 10.0 Å². The molecule has 2 N–H and O–H groups in total. The first-order chi connectivity index (χ1) is 9.40. The first-order valence-electron chi connectivity index (χ1n) is 7.12. The molecule has 1 saturated carbocycles. The fraction of sp³-hybridized carbons (Fsp3) is 0.786. The predicted molar refractivity (Wildman–Crippen MR) is 85.2 cm³/mol. The Kier molecular flexibility index (Phi) is 4.14. The maximum absolute atomic E-state index is 12.5. The fourth-order valence-corrected chi connectivity index (χ4v) is 6.40. The predicted octanol–water partition coefficient (Wildman–Crippen LogP) is 2.63. The van der Waals surface area contributed by atoms with Crippen LogP contribution in [0.4, 0.5) is 0 Å². The van der Waals surface area contributed by atoms with E-state index in [2.05, 4.69) is 37.4 Å². The van der Waals surface area contributed by atoms with Gasteiger partial charge in [-0.05, 0) is 37.0 Å². The largest absolute Gasteiger partial charge is 0.315 e. The van der Waals surface area contributed by atoms with Crippen LogP contribution in [0.5, 0.6) is 0 Å². The topological polar surface area (TPSA) is 79.0 Å². The Morgan fingerprint density at radius 2 is 1.71 bits per heavy atom. The summed E-state index contributed by atoms with van der Waals surface area (Å²) >= 11 is 0.748. The summed E-state index contributed by atoms with van der Waals surface area (Å²) in [5.41, 5.74) is 0.622. The number of aromatic amines is 1. The molecule has 21 heavy (non-hydrogen) atoms. The highest BCUT2D eigenvalue weighted by molar-refractivity contribution is 7.91. The zero-order chi connectivity index (χ0) is 16.1. The van der Waals surface area contributed by atoms with Crippen LogP contribution in [-0.4, -0.2) is 19.4 Å². The third-order valence-corrected chi connectivity index (χ3v) is 7.03. The van der Waals surface area contributed by atoms with Crippen molar-refractivity contribution in [2.75, 3.05) is 0 Å². The molecular weight excluding hydrogens is 308 g/mol. The van der Waals surface area contributed by atoms with Gasteiger partial charge in [0.15, 0.2) is 4.21 Å². The molecule has 1 fully saturated rings. The van der Waals surface area contributed by atoms with Crippen LogP contribution in [0.25, 0.3) is 0 Å². The lowest BCUT2D eigenvalue weighted by Gasteiger charge is -2.44. The van der Waals surface area contributed by atoms with E-state index in [1.807, 2.05) is 0 Å². The molecule has 0 unspecified atom stereocenters. The van der Waals surface area contributed by atoms with Gasteiger partial charge < -0.3 is 4.98 Å². The second-order valence-electron chi connectivity index (χ2n) is 7.66. The number of aromatic nitrogens is 1. The number of H-pyrrole nitrogens is 1. The van der Waals surface area contributed by atoms with E-state index in [0.29, 0.717) is 5.69 Å². The van der Waals surface area contributed by atoms with Crippen LogP contribution in [0, 0.1) is 17.8 Å². The molecule has 5 nitrogen and oxygen atoms in total.